The Balaban J connectivity index is 1.75. The van der Waals surface area contributed by atoms with E-state index in [1.54, 1.807) is 59.3 Å². The molecule has 1 aliphatic carbocycles. The van der Waals surface area contributed by atoms with Gasteiger partial charge in [-0.3, -0.25) is 9.59 Å². The van der Waals surface area contributed by atoms with Gasteiger partial charge in [0.2, 0.25) is 0 Å². The molecule has 4 nitrogen and oxygen atoms in total. The number of nitrogens with zero attached hydrogens (tertiary/aromatic N) is 1. The molecule has 5 rings (SSSR count). The third kappa shape index (κ3) is 3.13. The quantitative estimate of drug-likeness (QED) is 0.187. The van der Waals surface area contributed by atoms with Crippen molar-refractivity contribution in [3.63, 3.8) is 0 Å². The van der Waals surface area contributed by atoms with E-state index in [4.69, 9.17) is 0 Å². The number of aliphatic hydroxyl groups is 1. The van der Waals surface area contributed by atoms with E-state index in [1.807, 2.05) is 49.4 Å². The lowest BCUT2D eigenvalue weighted by molar-refractivity contribution is -0.583. The van der Waals surface area contributed by atoms with Crippen molar-refractivity contribution in [3.8, 4) is 11.1 Å². The molecule has 0 bridgehead atoms. The predicted molar refractivity (Wildman–Crippen MR) is 123 cm³/mol. The van der Waals surface area contributed by atoms with Crippen LogP contribution in [0.4, 0.5) is 0 Å². The highest BCUT2D eigenvalue weighted by atomic mass is 16.3. The number of fused-ring (bicyclic) bond motifs is 3. The molecule has 0 saturated heterocycles. The van der Waals surface area contributed by atoms with Crippen molar-refractivity contribution in [3.05, 3.63) is 125 Å². The van der Waals surface area contributed by atoms with Crippen LogP contribution in [0.2, 0.25) is 0 Å². The second kappa shape index (κ2) is 7.75. The molecule has 4 heteroatoms. The molecular formula is C28H20NO3+. The third-order valence-electron chi connectivity index (χ3n) is 5.75. The lowest BCUT2D eigenvalue weighted by Gasteiger charge is -2.09. The largest absolute Gasteiger partial charge is 0.502 e. The molecular weight excluding hydrogens is 398 g/mol. The molecule has 0 spiro atoms. The summed E-state index contributed by atoms with van der Waals surface area (Å²) in [6, 6.07) is 27.2. The minimum absolute atomic E-state index is 0.0879. The van der Waals surface area contributed by atoms with Gasteiger partial charge in [0.15, 0.2) is 23.4 Å². The van der Waals surface area contributed by atoms with Crippen molar-refractivity contribution in [1.82, 2.24) is 0 Å². The van der Waals surface area contributed by atoms with Crippen LogP contribution >= 0.6 is 0 Å². The van der Waals surface area contributed by atoms with E-state index in [9.17, 15) is 14.7 Å². The zero-order valence-corrected chi connectivity index (χ0v) is 17.4. The molecule has 4 aromatic rings. The number of rotatable bonds is 4. The summed E-state index contributed by atoms with van der Waals surface area (Å²) in [7, 11) is 0. The maximum absolute atomic E-state index is 13.6. The Morgan fingerprint density at radius 3 is 1.94 bits per heavy atom. The first kappa shape index (κ1) is 19.6. The molecule has 0 fully saturated rings. The highest BCUT2D eigenvalue weighted by Crippen LogP contribution is 2.36. The van der Waals surface area contributed by atoms with Crippen LogP contribution < -0.4 is 4.57 Å². The van der Waals surface area contributed by atoms with Gasteiger partial charge in [-0.15, -0.1) is 0 Å². The fourth-order valence-electron chi connectivity index (χ4n) is 4.15. The summed E-state index contributed by atoms with van der Waals surface area (Å²) in [6.07, 6.45) is 1.67. The monoisotopic (exact) mass is 418 g/mol. The molecule has 0 unspecified atom stereocenters. The van der Waals surface area contributed by atoms with E-state index < -0.39 is 0 Å². The lowest BCUT2D eigenvalue weighted by atomic mass is 10.0. The molecule has 0 aliphatic heterocycles. The molecule has 154 valence electrons. The molecule has 1 N–H and O–H groups in total. The van der Waals surface area contributed by atoms with E-state index in [1.165, 1.54) is 0 Å². The number of ketones is 2. The number of hydrogen-bond acceptors (Lipinski definition) is 3. The van der Waals surface area contributed by atoms with E-state index in [0.29, 0.717) is 22.3 Å². The summed E-state index contributed by atoms with van der Waals surface area (Å²) in [6.45, 7) is 1.86. The summed E-state index contributed by atoms with van der Waals surface area (Å²) in [5.74, 6) is -0.562. The van der Waals surface area contributed by atoms with Crippen LogP contribution in [-0.4, -0.2) is 16.7 Å². The summed E-state index contributed by atoms with van der Waals surface area (Å²) in [5.41, 5.74) is 4.69. The normalized spacial score (nSPS) is 12.7. The molecule has 1 aliphatic rings. The van der Waals surface area contributed by atoms with Crippen LogP contribution in [0.1, 0.15) is 37.5 Å². The SMILES string of the molecule is Cc1cc2c(c[n+]1/C(C(=O)c1ccccc1)=C(\O)c1ccccc1)C(=O)c1ccccc1-2. The second-order valence-corrected chi connectivity index (χ2v) is 7.75. The fourth-order valence-corrected chi connectivity index (χ4v) is 4.15. The van der Waals surface area contributed by atoms with Gasteiger partial charge in [-0.25, -0.2) is 0 Å². The standard InChI is InChI=1S/C28H19NO3/c1-18-16-23-21-14-8-9-15-22(21)28(32)24(23)17-29(18)25(26(30)19-10-4-2-5-11-19)27(31)20-12-6-3-7-13-20/h2-17H,1H3/p+1. The number of aliphatic hydroxyl groups excluding tert-OH is 1. The van der Waals surface area contributed by atoms with Crippen LogP contribution in [0.15, 0.2) is 97.2 Å². The van der Waals surface area contributed by atoms with Crippen LogP contribution in [0, 0.1) is 6.92 Å². The minimum atomic E-state index is -0.331. The Morgan fingerprint density at radius 2 is 1.28 bits per heavy atom. The first-order valence-electron chi connectivity index (χ1n) is 10.4. The highest BCUT2D eigenvalue weighted by molar-refractivity contribution is 6.26. The fraction of sp³-hybridized carbons (Fsp3) is 0.0357. The van der Waals surface area contributed by atoms with Gasteiger partial charge in [-0.1, -0.05) is 84.9 Å². The Bertz CT molecular complexity index is 1400. The van der Waals surface area contributed by atoms with Crippen molar-refractivity contribution in [1.29, 1.82) is 0 Å². The Morgan fingerprint density at radius 1 is 0.719 bits per heavy atom. The molecule has 1 aromatic heterocycles. The van der Waals surface area contributed by atoms with E-state index in [-0.39, 0.29) is 23.0 Å². The van der Waals surface area contributed by atoms with Gasteiger partial charge < -0.3 is 5.11 Å². The van der Waals surface area contributed by atoms with Crippen molar-refractivity contribution in [2.24, 2.45) is 0 Å². The van der Waals surface area contributed by atoms with Crippen LogP contribution in [0.3, 0.4) is 0 Å². The van der Waals surface area contributed by atoms with Crippen LogP contribution in [-0.2, 0) is 0 Å². The Kier molecular flexibility index (Phi) is 4.75. The summed E-state index contributed by atoms with van der Waals surface area (Å²) < 4.78 is 1.63. The van der Waals surface area contributed by atoms with Gasteiger partial charge in [-0.05, 0) is 5.56 Å². The lowest BCUT2D eigenvalue weighted by Crippen LogP contribution is -2.41. The van der Waals surface area contributed by atoms with Gasteiger partial charge in [0.25, 0.3) is 5.78 Å². The Labute approximate surface area is 185 Å². The summed E-state index contributed by atoms with van der Waals surface area (Å²) >= 11 is 0. The number of carbonyl (C=O) groups excluding carboxylic acids is 2. The molecule has 3 aromatic carbocycles. The third-order valence-corrected chi connectivity index (χ3v) is 5.75. The highest BCUT2D eigenvalue weighted by Gasteiger charge is 2.35. The number of carbonyl (C=O) groups is 2. The van der Waals surface area contributed by atoms with Gasteiger partial charge in [0.1, 0.15) is 0 Å². The van der Waals surface area contributed by atoms with Crippen molar-refractivity contribution < 1.29 is 19.3 Å². The molecule has 0 radical (unpaired) electrons. The van der Waals surface area contributed by atoms with E-state index in [2.05, 4.69) is 0 Å². The first-order valence-corrected chi connectivity index (χ1v) is 10.4. The topological polar surface area (TPSA) is 58.2 Å². The number of allylic oxidation sites excluding steroid dienone is 1. The average molecular weight is 418 g/mol. The van der Waals surface area contributed by atoms with Gasteiger partial charge in [-0.2, -0.15) is 4.57 Å². The average Bonchev–Trinajstić information content (AvgIpc) is 3.11. The number of aryl methyl sites for hydroxylation is 1. The second-order valence-electron chi connectivity index (χ2n) is 7.75. The Hall–Kier alpha value is -4.31. The molecule has 0 amide bonds. The molecule has 32 heavy (non-hydrogen) atoms. The van der Waals surface area contributed by atoms with E-state index in [0.717, 1.165) is 16.8 Å². The summed E-state index contributed by atoms with van der Waals surface area (Å²) in [5, 5.41) is 11.2. The zero-order valence-electron chi connectivity index (χ0n) is 17.4. The zero-order chi connectivity index (χ0) is 22.2. The maximum atomic E-state index is 13.6. The van der Waals surface area contributed by atoms with Crippen LogP contribution in [0.5, 0.6) is 0 Å². The van der Waals surface area contributed by atoms with Crippen molar-refractivity contribution >= 4 is 23.0 Å². The maximum Gasteiger partial charge on any atom is 0.301 e. The van der Waals surface area contributed by atoms with Crippen LogP contribution in [0.25, 0.3) is 22.6 Å². The number of Topliss-reactive ketones (excluding diaryl/α,β-unsaturated/α-hetero) is 1. The molecule has 1 heterocycles. The molecule has 0 atom stereocenters. The number of hydrogen-bond donors (Lipinski definition) is 1. The van der Waals surface area contributed by atoms with Crippen molar-refractivity contribution in [2.75, 3.05) is 0 Å². The number of pyridine rings is 1. The first-order chi connectivity index (χ1) is 15.6. The van der Waals surface area contributed by atoms with Gasteiger partial charge in [0, 0.05) is 35.2 Å². The smallest absolute Gasteiger partial charge is 0.301 e. The predicted octanol–water partition coefficient (Wildman–Crippen LogP) is 5.26. The number of aromatic nitrogens is 1. The van der Waals surface area contributed by atoms with Gasteiger partial charge in [0.05, 0.1) is 5.56 Å². The van der Waals surface area contributed by atoms with Crippen molar-refractivity contribution in [2.45, 2.75) is 6.92 Å². The van der Waals surface area contributed by atoms with E-state index >= 15 is 0 Å². The molecule has 0 saturated carbocycles. The van der Waals surface area contributed by atoms with Gasteiger partial charge >= 0.3 is 5.70 Å². The summed E-state index contributed by atoms with van der Waals surface area (Å²) in [4.78, 5) is 26.7. The minimum Gasteiger partial charge on any atom is -0.502 e. The number of benzene rings is 3.